The second-order valence-electron chi connectivity index (χ2n) is 5.14. The maximum atomic E-state index is 4.52. The fourth-order valence-electron chi connectivity index (χ4n) is 2.51. The molecule has 0 atom stereocenters. The Bertz CT molecular complexity index is 527. The third-order valence-corrected chi connectivity index (χ3v) is 3.47. The first-order chi connectivity index (χ1) is 9.76. The molecule has 108 valence electrons. The van der Waals surface area contributed by atoms with E-state index in [9.17, 15) is 0 Å². The number of imidazole rings is 1. The summed E-state index contributed by atoms with van der Waals surface area (Å²) in [6.07, 6.45) is 10.3. The highest BCUT2D eigenvalue weighted by Crippen LogP contribution is 2.21. The number of anilines is 1. The lowest BCUT2D eigenvalue weighted by Gasteiger charge is -2.20. The topological polar surface area (TPSA) is 42.7 Å². The van der Waals surface area contributed by atoms with E-state index < -0.39 is 0 Å². The third kappa shape index (κ3) is 3.38. The summed E-state index contributed by atoms with van der Waals surface area (Å²) in [5.74, 6) is 1.88. The molecule has 1 N–H and O–H groups in total. The zero-order valence-electron chi connectivity index (χ0n) is 12.6. The predicted molar refractivity (Wildman–Crippen MR) is 83.3 cm³/mol. The van der Waals surface area contributed by atoms with Crippen LogP contribution in [0.3, 0.4) is 0 Å². The molecule has 2 rings (SSSR count). The van der Waals surface area contributed by atoms with Crippen LogP contribution in [0.2, 0.25) is 0 Å². The second kappa shape index (κ2) is 7.08. The zero-order chi connectivity index (χ0) is 14.4. The molecule has 0 aliphatic rings. The van der Waals surface area contributed by atoms with Gasteiger partial charge in [-0.2, -0.15) is 0 Å². The molecule has 0 aromatic carbocycles. The highest BCUT2D eigenvalue weighted by Gasteiger charge is 2.12. The summed E-state index contributed by atoms with van der Waals surface area (Å²) in [4.78, 5) is 8.80. The van der Waals surface area contributed by atoms with Crippen LogP contribution in [0.4, 0.5) is 5.69 Å². The molecule has 20 heavy (non-hydrogen) atoms. The maximum absolute atomic E-state index is 4.52. The number of nitrogens with one attached hydrogen (secondary N) is 1. The number of aryl methyl sites for hydroxylation is 1. The van der Waals surface area contributed by atoms with Crippen LogP contribution >= 0.6 is 0 Å². The van der Waals surface area contributed by atoms with E-state index in [-0.39, 0.29) is 0 Å². The van der Waals surface area contributed by atoms with E-state index >= 15 is 0 Å². The van der Waals surface area contributed by atoms with E-state index in [4.69, 9.17) is 0 Å². The number of hydrogen-bond acceptors (Lipinski definition) is 3. The molecule has 0 aliphatic carbocycles. The molecule has 0 bridgehead atoms. The van der Waals surface area contributed by atoms with Crippen LogP contribution < -0.4 is 5.32 Å². The van der Waals surface area contributed by atoms with Gasteiger partial charge in [-0.1, -0.05) is 26.7 Å². The molecule has 0 spiro atoms. The first-order valence-corrected chi connectivity index (χ1v) is 7.48. The van der Waals surface area contributed by atoms with Crippen LogP contribution in [-0.4, -0.2) is 20.6 Å². The van der Waals surface area contributed by atoms with E-state index in [0.29, 0.717) is 6.04 Å². The van der Waals surface area contributed by atoms with Crippen molar-refractivity contribution < 1.29 is 0 Å². The minimum absolute atomic E-state index is 0.511. The fraction of sp³-hybridized carbons (Fsp3) is 0.500. The summed E-state index contributed by atoms with van der Waals surface area (Å²) in [5, 5.41) is 3.65. The SMILES string of the molecule is CCCC(CCC)Nc1cccnc1-n1ccnc1C. The largest absolute Gasteiger partial charge is 0.379 e. The molecular formula is C16H24N4. The predicted octanol–water partition coefficient (Wildman–Crippen LogP) is 3.96. The van der Waals surface area contributed by atoms with Gasteiger partial charge >= 0.3 is 0 Å². The van der Waals surface area contributed by atoms with Gasteiger partial charge in [-0.25, -0.2) is 9.97 Å². The standard InChI is InChI=1S/C16H24N4/c1-4-7-14(8-5-2)19-15-9-6-10-18-16(15)20-12-11-17-13(20)3/h6,9-12,14,19H,4-5,7-8H2,1-3H3. The summed E-state index contributed by atoms with van der Waals surface area (Å²) in [5.41, 5.74) is 1.08. The van der Waals surface area contributed by atoms with Crippen LogP contribution in [0.1, 0.15) is 45.4 Å². The lowest BCUT2D eigenvalue weighted by atomic mass is 10.1. The Labute approximate surface area is 121 Å². The minimum atomic E-state index is 0.511. The molecule has 0 radical (unpaired) electrons. The molecule has 0 saturated carbocycles. The maximum Gasteiger partial charge on any atom is 0.161 e. The molecule has 2 heterocycles. The smallest absolute Gasteiger partial charge is 0.161 e. The van der Waals surface area contributed by atoms with Gasteiger partial charge in [0.15, 0.2) is 5.82 Å². The second-order valence-corrected chi connectivity index (χ2v) is 5.14. The number of rotatable bonds is 7. The lowest BCUT2D eigenvalue weighted by Crippen LogP contribution is -2.20. The van der Waals surface area contributed by atoms with Crippen LogP contribution in [-0.2, 0) is 0 Å². The molecule has 0 aliphatic heterocycles. The average molecular weight is 272 g/mol. The molecule has 0 saturated heterocycles. The van der Waals surface area contributed by atoms with Gasteiger partial charge in [0, 0.05) is 24.6 Å². The van der Waals surface area contributed by atoms with Gasteiger partial charge in [-0.3, -0.25) is 4.57 Å². The van der Waals surface area contributed by atoms with Crippen LogP contribution in [0.5, 0.6) is 0 Å². The summed E-state index contributed by atoms with van der Waals surface area (Å²) in [6.45, 7) is 6.46. The molecular weight excluding hydrogens is 248 g/mol. The summed E-state index contributed by atoms with van der Waals surface area (Å²) < 4.78 is 2.03. The van der Waals surface area contributed by atoms with E-state index in [1.807, 2.05) is 36.1 Å². The molecule has 4 heteroatoms. The van der Waals surface area contributed by atoms with Crippen LogP contribution in [0.25, 0.3) is 5.82 Å². The first-order valence-electron chi connectivity index (χ1n) is 7.48. The number of aromatic nitrogens is 3. The molecule has 0 unspecified atom stereocenters. The van der Waals surface area contributed by atoms with Crippen molar-refractivity contribution in [2.75, 3.05) is 5.32 Å². The summed E-state index contributed by atoms with van der Waals surface area (Å²) in [6, 6.07) is 4.59. The number of hydrogen-bond donors (Lipinski definition) is 1. The van der Waals surface area contributed by atoms with E-state index in [2.05, 4.69) is 35.2 Å². The quantitative estimate of drug-likeness (QED) is 0.829. The van der Waals surface area contributed by atoms with Crippen molar-refractivity contribution in [3.63, 3.8) is 0 Å². The van der Waals surface area contributed by atoms with Gasteiger partial charge in [0.05, 0.1) is 5.69 Å². The highest BCUT2D eigenvalue weighted by molar-refractivity contribution is 5.57. The third-order valence-electron chi connectivity index (χ3n) is 3.47. The van der Waals surface area contributed by atoms with Crippen molar-refractivity contribution >= 4 is 5.69 Å². The van der Waals surface area contributed by atoms with E-state index in [1.54, 1.807) is 0 Å². The van der Waals surface area contributed by atoms with Gasteiger partial charge in [-0.15, -0.1) is 0 Å². The lowest BCUT2D eigenvalue weighted by molar-refractivity contribution is 0.585. The Balaban J connectivity index is 2.26. The Morgan fingerprint density at radius 1 is 1.15 bits per heavy atom. The van der Waals surface area contributed by atoms with E-state index in [0.717, 1.165) is 17.3 Å². The first kappa shape index (κ1) is 14.6. The number of pyridine rings is 1. The Morgan fingerprint density at radius 3 is 2.50 bits per heavy atom. The van der Waals surface area contributed by atoms with Gasteiger partial charge in [0.1, 0.15) is 5.82 Å². The van der Waals surface area contributed by atoms with Crippen molar-refractivity contribution in [3.8, 4) is 5.82 Å². The summed E-state index contributed by atoms with van der Waals surface area (Å²) in [7, 11) is 0. The molecule has 2 aromatic heterocycles. The van der Waals surface area contributed by atoms with Crippen molar-refractivity contribution in [1.82, 2.24) is 14.5 Å². The van der Waals surface area contributed by atoms with Gasteiger partial charge in [0.25, 0.3) is 0 Å². The Kier molecular flexibility index (Phi) is 5.16. The van der Waals surface area contributed by atoms with Crippen molar-refractivity contribution in [3.05, 3.63) is 36.5 Å². The van der Waals surface area contributed by atoms with Gasteiger partial charge in [0.2, 0.25) is 0 Å². The highest BCUT2D eigenvalue weighted by atomic mass is 15.1. The zero-order valence-corrected chi connectivity index (χ0v) is 12.6. The normalized spacial score (nSPS) is 11.0. The fourth-order valence-corrected chi connectivity index (χ4v) is 2.51. The van der Waals surface area contributed by atoms with Gasteiger partial charge in [-0.05, 0) is 31.9 Å². The van der Waals surface area contributed by atoms with Gasteiger partial charge < -0.3 is 5.32 Å². The summed E-state index contributed by atoms with van der Waals surface area (Å²) >= 11 is 0. The molecule has 4 nitrogen and oxygen atoms in total. The van der Waals surface area contributed by atoms with Crippen LogP contribution in [0, 0.1) is 6.92 Å². The van der Waals surface area contributed by atoms with Crippen LogP contribution in [0.15, 0.2) is 30.7 Å². The average Bonchev–Trinajstić information content (AvgIpc) is 2.86. The number of nitrogens with zero attached hydrogens (tertiary/aromatic N) is 3. The monoisotopic (exact) mass is 272 g/mol. The molecule has 2 aromatic rings. The van der Waals surface area contributed by atoms with Crippen molar-refractivity contribution in [1.29, 1.82) is 0 Å². The van der Waals surface area contributed by atoms with Crippen molar-refractivity contribution in [2.45, 2.75) is 52.5 Å². The minimum Gasteiger partial charge on any atom is -0.379 e. The molecule has 0 amide bonds. The Hall–Kier alpha value is -1.84. The Morgan fingerprint density at radius 2 is 1.90 bits per heavy atom. The van der Waals surface area contributed by atoms with Crippen molar-refractivity contribution in [2.24, 2.45) is 0 Å². The molecule has 0 fully saturated rings. The van der Waals surface area contributed by atoms with E-state index in [1.165, 1.54) is 25.7 Å².